The quantitative estimate of drug-likeness (QED) is 0.337. The highest BCUT2D eigenvalue weighted by molar-refractivity contribution is 5.94. The van der Waals surface area contributed by atoms with Crippen molar-refractivity contribution in [2.45, 2.75) is 6.54 Å². The number of hydrogen-bond donors (Lipinski definition) is 4. The third kappa shape index (κ3) is 3.45. The summed E-state index contributed by atoms with van der Waals surface area (Å²) in [7, 11) is 1.65. The van der Waals surface area contributed by atoms with Crippen LogP contribution in [-0.4, -0.2) is 27.0 Å². The smallest absolute Gasteiger partial charge is 0.229 e. The molecule has 0 unspecified atom stereocenters. The standard InChI is InChI=1S/C22H20N6O/c1-29-16-11-19-17(5-8-24-19)20(12-16)27-22-25-9-6-21(28-22)26-13-14-2-3-18-15(10-14)4-7-23-18/h2-12,23-24H,13H2,1H3,(H2,25,26,27,28). The van der Waals surface area contributed by atoms with E-state index in [-0.39, 0.29) is 0 Å². The molecule has 0 spiro atoms. The van der Waals surface area contributed by atoms with Crippen LogP contribution in [0.3, 0.4) is 0 Å². The largest absolute Gasteiger partial charge is 0.497 e. The summed E-state index contributed by atoms with van der Waals surface area (Å²) in [6.45, 7) is 0.679. The first kappa shape index (κ1) is 17.1. The number of ether oxygens (including phenoxy) is 1. The third-order valence-corrected chi connectivity index (χ3v) is 4.87. The zero-order chi connectivity index (χ0) is 19.6. The van der Waals surface area contributed by atoms with Crippen molar-refractivity contribution in [2.24, 2.45) is 0 Å². The maximum atomic E-state index is 5.39. The second-order valence-corrected chi connectivity index (χ2v) is 6.76. The van der Waals surface area contributed by atoms with Crippen molar-refractivity contribution in [3.63, 3.8) is 0 Å². The molecule has 29 heavy (non-hydrogen) atoms. The van der Waals surface area contributed by atoms with Crippen LogP contribution >= 0.6 is 0 Å². The van der Waals surface area contributed by atoms with Gasteiger partial charge in [-0.3, -0.25) is 0 Å². The van der Waals surface area contributed by atoms with E-state index in [0.717, 1.165) is 33.7 Å². The zero-order valence-corrected chi connectivity index (χ0v) is 15.9. The number of hydrogen-bond acceptors (Lipinski definition) is 5. The van der Waals surface area contributed by atoms with Crippen LogP contribution in [0.2, 0.25) is 0 Å². The van der Waals surface area contributed by atoms with Gasteiger partial charge in [-0.2, -0.15) is 4.98 Å². The SMILES string of the molecule is COc1cc(Nc2nccc(NCc3ccc4[nH]ccc4c3)n2)c2cc[nH]c2c1. The molecule has 0 bridgehead atoms. The van der Waals surface area contributed by atoms with Crippen LogP contribution in [0.15, 0.2) is 67.1 Å². The number of fused-ring (bicyclic) bond motifs is 2. The van der Waals surface area contributed by atoms with Gasteiger partial charge in [-0.15, -0.1) is 0 Å². The van der Waals surface area contributed by atoms with Crippen molar-refractivity contribution in [1.82, 2.24) is 19.9 Å². The average molecular weight is 384 g/mol. The fraction of sp³-hybridized carbons (Fsp3) is 0.0909. The summed E-state index contributed by atoms with van der Waals surface area (Å²) in [5, 5.41) is 8.91. The van der Waals surface area contributed by atoms with Crippen molar-refractivity contribution in [3.8, 4) is 5.75 Å². The summed E-state index contributed by atoms with van der Waals surface area (Å²) in [6.07, 6.45) is 5.58. The molecule has 0 aliphatic carbocycles. The molecule has 4 N–H and O–H groups in total. The summed E-state index contributed by atoms with van der Waals surface area (Å²) < 4.78 is 5.39. The van der Waals surface area contributed by atoms with E-state index >= 15 is 0 Å². The number of benzene rings is 2. The van der Waals surface area contributed by atoms with Gasteiger partial charge in [-0.25, -0.2) is 4.98 Å². The number of methoxy groups -OCH3 is 1. The average Bonchev–Trinajstić information content (AvgIpc) is 3.41. The lowest BCUT2D eigenvalue weighted by Gasteiger charge is -2.11. The molecular weight excluding hydrogens is 364 g/mol. The van der Waals surface area contributed by atoms with Crippen LogP contribution in [0.25, 0.3) is 21.8 Å². The number of aromatic nitrogens is 4. The van der Waals surface area contributed by atoms with Gasteiger partial charge in [0.2, 0.25) is 5.95 Å². The fourth-order valence-corrected chi connectivity index (χ4v) is 3.40. The summed E-state index contributed by atoms with van der Waals surface area (Å²) in [4.78, 5) is 15.4. The van der Waals surface area contributed by atoms with Crippen molar-refractivity contribution in [2.75, 3.05) is 17.7 Å². The molecule has 0 aliphatic rings. The Morgan fingerprint density at radius 1 is 0.966 bits per heavy atom. The van der Waals surface area contributed by atoms with E-state index in [1.165, 1.54) is 10.9 Å². The minimum absolute atomic E-state index is 0.520. The third-order valence-electron chi connectivity index (χ3n) is 4.87. The van der Waals surface area contributed by atoms with E-state index < -0.39 is 0 Å². The molecule has 144 valence electrons. The minimum Gasteiger partial charge on any atom is -0.497 e. The first-order valence-electron chi connectivity index (χ1n) is 9.33. The fourth-order valence-electron chi connectivity index (χ4n) is 3.40. The Morgan fingerprint density at radius 2 is 1.86 bits per heavy atom. The Hall–Kier alpha value is -4.00. The maximum Gasteiger partial charge on any atom is 0.229 e. The number of nitrogens with zero attached hydrogens (tertiary/aromatic N) is 2. The first-order chi connectivity index (χ1) is 14.3. The molecule has 0 atom stereocenters. The molecule has 5 aromatic rings. The van der Waals surface area contributed by atoms with E-state index in [2.05, 4.69) is 54.8 Å². The van der Waals surface area contributed by atoms with Gasteiger partial charge < -0.3 is 25.3 Å². The maximum absolute atomic E-state index is 5.39. The van der Waals surface area contributed by atoms with Gasteiger partial charge in [0.25, 0.3) is 0 Å². The highest BCUT2D eigenvalue weighted by atomic mass is 16.5. The lowest BCUT2D eigenvalue weighted by Crippen LogP contribution is -2.04. The van der Waals surface area contributed by atoms with Gasteiger partial charge in [0, 0.05) is 48.2 Å². The molecule has 7 heteroatoms. The molecule has 2 aromatic carbocycles. The van der Waals surface area contributed by atoms with Gasteiger partial charge >= 0.3 is 0 Å². The molecular formula is C22H20N6O. The molecule has 0 fully saturated rings. The van der Waals surface area contributed by atoms with E-state index in [1.807, 2.05) is 36.7 Å². The van der Waals surface area contributed by atoms with E-state index in [1.54, 1.807) is 13.3 Å². The van der Waals surface area contributed by atoms with Crippen molar-refractivity contribution >= 4 is 39.3 Å². The van der Waals surface area contributed by atoms with E-state index in [0.29, 0.717) is 12.5 Å². The predicted octanol–water partition coefficient (Wildman–Crippen LogP) is 4.80. The topological polar surface area (TPSA) is 90.7 Å². The first-order valence-corrected chi connectivity index (χ1v) is 9.33. The van der Waals surface area contributed by atoms with Crippen LogP contribution in [0.5, 0.6) is 5.75 Å². The number of anilines is 3. The van der Waals surface area contributed by atoms with Crippen LogP contribution in [0.1, 0.15) is 5.56 Å². The van der Waals surface area contributed by atoms with Gasteiger partial charge in [-0.05, 0) is 41.3 Å². The molecule has 0 radical (unpaired) electrons. The Bertz CT molecular complexity index is 1290. The van der Waals surface area contributed by atoms with E-state index in [4.69, 9.17) is 4.74 Å². The van der Waals surface area contributed by atoms with Gasteiger partial charge in [0.1, 0.15) is 11.6 Å². The van der Waals surface area contributed by atoms with Gasteiger partial charge in [0.05, 0.1) is 18.3 Å². The second kappa shape index (κ2) is 7.20. The van der Waals surface area contributed by atoms with Crippen LogP contribution < -0.4 is 15.4 Å². The number of aromatic amines is 2. The Labute approximate surface area is 167 Å². The minimum atomic E-state index is 0.520. The Kier molecular flexibility index (Phi) is 4.25. The van der Waals surface area contributed by atoms with Crippen LogP contribution in [0, 0.1) is 0 Å². The number of nitrogens with one attached hydrogen (secondary N) is 4. The van der Waals surface area contributed by atoms with Gasteiger partial charge in [-0.1, -0.05) is 6.07 Å². The monoisotopic (exact) mass is 384 g/mol. The summed E-state index contributed by atoms with van der Waals surface area (Å²) in [5.74, 6) is 2.04. The summed E-state index contributed by atoms with van der Waals surface area (Å²) in [5.41, 5.74) is 4.20. The second-order valence-electron chi connectivity index (χ2n) is 6.76. The predicted molar refractivity (Wildman–Crippen MR) is 116 cm³/mol. The molecule has 7 nitrogen and oxygen atoms in total. The zero-order valence-electron chi connectivity index (χ0n) is 15.9. The van der Waals surface area contributed by atoms with E-state index in [9.17, 15) is 0 Å². The van der Waals surface area contributed by atoms with Crippen LogP contribution in [0.4, 0.5) is 17.5 Å². The lowest BCUT2D eigenvalue weighted by atomic mass is 10.1. The Balaban J connectivity index is 1.35. The molecule has 0 amide bonds. The van der Waals surface area contributed by atoms with Crippen LogP contribution in [-0.2, 0) is 6.54 Å². The van der Waals surface area contributed by atoms with Crippen molar-refractivity contribution in [1.29, 1.82) is 0 Å². The number of H-pyrrole nitrogens is 2. The molecule has 0 aliphatic heterocycles. The normalized spacial score (nSPS) is 11.1. The molecule has 3 aromatic heterocycles. The summed E-state index contributed by atoms with van der Waals surface area (Å²) >= 11 is 0. The van der Waals surface area contributed by atoms with Crippen molar-refractivity contribution in [3.05, 3.63) is 72.7 Å². The van der Waals surface area contributed by atoms with Gasteiger partial charge in [0.15, 0.2) is 0 Å². The molecule has 3 heterocycles. The molecule has 0 saturated carbocycles. The molecule has 5 rings (SSSR count). The van der Waals surface area contributed by atoms with Crippen molar-refractivity contribution < 1.29 is 4.74 Å². The highest BCUT2D eigenvalue weighted by Crippen LogP contribution is 2.30. The molecule has 0 saturated heterocycles. The highest BCUT2D eigenvalue weighted by Gasteiger charge is 2.08. The lowest BCUT2D eigenvalue weighted by molar-refractivity contribution is 0.415. The number of rotatable bonds is 6. The summed E-state index contributed by atoms with van der Waals surface area (Å²) in [6, 6.07) is 16.2. The Morgan fingerprint density at radius 3 is 2.79 bits per heavy atom.